The number of hydrogen-bond donors (Lipinski definition) is 0. The lowest BCUT2D eigenvalue weighted by atomic mass is 9.85. The van der Waals surface area contributed by atoms with E-state index in [1.54, 1.807) is 0 Å². The highest BCUT2D eigenvalue weighted by Crippen LogP contribution is 2.42. The Labute approximate surface area is 140 Å². The Morgan fingerprint density at radius 3 is 2.65 bits per heavy atom. The van der Waals surface area contributed by atoms with E-state index >= 15 is 0 Å². The molecule has 0 amide bonds. The van der Waals surface area contributed by atoms with Crippen molar-refractivity contribution in [2.45, 2.75) is 52.9 Å². The van der Waals surface area contributed by atoms with Crippen molar-refractivity contribution in [2.75, 3.05) is 0 Å². The van der Waals surface area contributed by atoms with Gasteiger partial charge in [0.2, 0.25) is 0 Å². The molecule has 1 atom stereocenters. The first kappa shape index (κ1) is 17.5. The van der Waals surface area contributed by atoms with Gasteiger partial charge < -0.3 is 0 Å². The second-order valence-corrected chi connectivity index (χ2v) is 7.15. The monoisotopic (exact) mass is 308 g/mol. The number of Topliss-reactive ketones (excluding diaryl/α,β-unsaturated/α-hetero) is 1. The van der Waals surface area contributed by atoms with Gasteiger partial charge in [0.05, 0.1) is 5.41 Å². The number of rotatable bonds is 5. The fourth-order valence-electron chi connectivity index (χ4n) is 2.96. The van der Waals surface area contributed by atoms with Crippen molar-refractivity contribution in [3.8, 4) is 0 Å². The molecule has 122 valence electrons. The minimum atomic E-state index is -0.422. The molecule has 0 radical (unpaired) electrons. The van der Waals surface area contributed by atoms with Crippen LogP contribution < -0.4 is 0 Å². The maximum atomic E-state index is 12.8. The second kappa shape index (κ2) is 7.12. The van der Waals surface area contributed by atoms with Crippen molar-refractivity contribution in [2.24, 2.45) is 5.92 Å². The zero-order valence-electron chi connectivity index (χ0n) is 15.0. The molecule has 2 rings (SSSR count). The summed E-state index contributed by atoms with van der Waals surface area (Å²) in [6.45, 7) is 10.6. The highest BCUT2D eigenvalue weighted by atomic mass is 16.1. The molecular weight excluding hydrogens is 280 g/mol. The highest BCUT2D eigenvalue weighted by Gasteiger charge is 2.41. The molecule has 0 spiro atoms. The van der Waals surface area contributed by atoms with Crippen molar-refractivity contribution in [1.82, 2.24) is 0 Å². The molecule has 0 saturated carbocycles. The zero-order valence-corrected chi connectivity index (χ0v) is 15.0. The van der Waals surface area contributed by atoms with E-state index in [9.17, 15) is 4.79 Å². The minimum absolute atomic E-state index is 0.218. The lowest BCUT2D eigenvalue weighted by molar-refractivity contribution is -0.117. The molecule has 0 N–H and O–H groups in total. The van der Waals surface area contributed by atoms with Gasteiger partial charge in [0.25, 0.3) is 0 Å². The van der Waals surface area contributed by atoms with Crippen molar-refractivity contribution in [3.05, 3.63) is 65.3 Å². The van der Waals surface area contributed by atoms with Crippen LogP contribution in [0.3, 0.4) is 0 Å². The van der Waals surface area contributed by atoms with Crippen LogP contribution in [0.25, 0.3) is 5.57 Å². The van der Waals surface area contributed by atoms with Gasteiger partial charge in [0.15, 0.2) is 5.78 Å². The molecule has 0 bridgehead atoms. The number of hydrogen-bond acceptors (Lipinski definition) is 1. The first-order chi connectivity index (χ1) is 10.9. The molecule has 1 heteroatoms. The molecule has 1 aliphatic carbocycles. The molecular formula is C22H28O. The van der Waals surface area contributed by atoms with Crippen molar-refractivity contribution in [1.29, 1.82) is 0 Å². The molecule has 23 heavy (non-hydrogen) atoms. The summed E-state index contributed by atoms with van der Waals surface area (Å²) in [4.78, 5) is 12.8. The SMILES string of the molecule is CCC(C)CC=CC=C(C)C=C1C(=O)C(C)(C)c2ccccc21. The molecule has 1 nitrogen and oxygen atoms in total. The van der Waals surface area contributed by atoms with E-state index in [-0.39, 0.29) is 5.78 Å². The molecule has 1 unspecified atom stereocenters. The maximum absolute atomic E-state index is 12.8. The summed E-state index contributed by atoms with van der Waals surface area (Å²) in [6.07, 6.45) is 10.8. The van der Waals surface area contributed by atoms with Gasteiger partial charge in [0.1, 0.15) is 0 Å². The summed E-state index contributed by atoms with van der Waals surface area (Å²) < 4.78 is 0. The van der Waals surface area contributed by atoms with Crippen molar-refractivity contribution >= 4 is 11.4 Å². The minimum Gasteiger partial charge on any atom is -0.293 e. The number of carbonyl (C=O) groups is 1. The average Bonchev–Trinajstić information content (AvgIpc) is 2.73. The third kappa shape index (κ3) is 3.72. The van der Waals surface area contributed by atoms with E-state index in [2.05, 4.69) is 51.1 Å². The Morgan fingerprint density at radius 1 is 1.26 bits per heavy atom. The molecule has 0 fully saturated rings. The summed E-state index contributed by atoms with van der Waals surface area (Å²) in [5.41, 5.74) is 3.75. The molecule has 0 saturated heterocycles. The van der Waals surface area contributed by atoms with Crippen molar-refractivity contribution < 1.29 is 4.79 Å². The third-order valence-corrected chi connectivity index (χ3v) is 4.81. The lowest BCUT2D eigenvalue weighted by Crippen LogP contribution is -2.23. The summed E-state index contributed by atoms with van der Waals surface area (Å²) in [7, 11) is 0. The lowest BCUT2D eigenvalue weighted by Gasteiger charge is -2.16. The van der Waals surface area contributed by atoms with Gasteiger partial charge >= 0.3 is 0 Å². The summed E-state index contributed by atoms with van der Waals surface area (Å²) in [5.74, 6) is 0.942. The quantitative estimate of drug-likeness (QED) is 0.491. The van der Waals surface area contributed by atoms with E-state index in [0.717, 1.165) is 34.6 Å². The normalized spacial score (nSPS) is 20.3. The first-order valence-electron chi connectivity index (χ1n) is 8.57. The molecule has 1 aromatic carbocycles. The van der Waals surface area contributed by atoms with Crippen LogP contribution in [0.2, 0.25) is 0 Å². The number of fused-ring (bicyclic) bond motifs is 1. The molecule has 1 aliphatic rings. The summed E-state index contributed by atoms with van der Waals surface area (Å²) in [5, 5.41) is 0. The topological polar surface area (TPSA) is 17.1 Å². The van der Waals surface area contributed by atoms with Gasteiger partial charge in [-0.3, -0.25) is 4.79 Å². The fourth-order valence-corrected chi connectivity index (χ4v) is 2.96. The summed E-state index contributed by atoms with van der Waals surface area (Å²) >= 11 is 0. The van der Waals surface area contributed by atoms with Crippen LogP contribution in [-0.4, -0.2) is 5.78 Å². The van der Waals surface area contributed by atoms with Gasteiger partial charge in [-0.05, 0) is 50.3 Å². The van der Waals surface area contributed by atoms with E-state index in [1.165, 1.54) is 6.42 Å². The molecule has 0 heterocycles. The Kier molecular flexibility index (Phi) is 5.41. The Balaban J connectivity index is 2.24. The number of benzene rings is 1. The van der Waals surface area contributed by atoms with E-state index in [0.29, 0.717) is 0 Å². The van der Waals surface area contributed by atoms with Crippen LogP contribution in [0.1, 0.15) is 58.6 Å². The van der Waals surface area contributed by atoms with Crippen LogP contribution in [0, 0.1) is 5.92 Å². The van der Waals surface area contributed by atoms with E-state index in [1.807, 2.05) is 32.1 Å². The van der Waals surface area contributed by atoms with E-state index < -0.39 is 5.41 Å². The van der Waals surface area contributed by atoms with Crippen LogP contribution in [0.15, 0.2) is 54.1 Å². The number of allylic oxidation sites excluding steroid dienone is 6. The smallest absolute Gasteiger partial charge is 0.173 e. The highest BCUT2D eigenvalue weighted by molar-refractivity contribution is 6.29. The van der Waals surface area contributed by atoms with Crippen LogP contribution in [-0.2, 0) is 10.2 Å². The largest absolute Gasteiger partial charge is 0.293 e. The number of ketones is 1. The third-order valence-electron chi connectivity index (χ3n) is 4.81. The summed E-state index contributed by atoms with van der Waals surface area (Å²) in [6, 6.07) is 8.14. The average molecular weight is 308 g/mol. The van der Waals surface area contributed by atoms with Crippen LogP contribution in [0.5, 0.6) is 0 Å². The van der Waals surface area contributed by atoms with Gasteiger partial charge in [-0.1, -0.05) is 68.3 Å². The predicted molar refractivity (Wildman–Crippen MR) is 99.4 cm³/mol. The Bertz CT molecular complexity index is 671. The molecule has 0 aliphatic heterocycles. The van der Waals surface area contributed by atoms with Gasteiger partial charge in [0, 0.05) is 5.57 Å². The van der Waals surface area contributed by atoms with E-state index in [4.69, 9.17) is 0 Å². The van der Waals surface area contributed by atoms with Crippen molar-refractivity contribution in [3.63, 3.8) is 0 Å². The van der Waals surface area contributed by atoms with Crippen LogP contribution in [0.4, 0.5) is 0 Å². The fraction of sp³-hybridized carbons (Fsp3) is 0.409. The Hall–Kier alpha value is -1.89. The molecule has 0 aromatic heterocycles. The van der Waals surface area contributed by atoms with Crippen LogP contribution >= 0.6 is 0 Å². The standard InChI is InChI=1S/C22H28O/c1-6-16(2)11-7-8-12-17(3)15-19-18-13-9-10-14-20(18)22(4,5)21(19)23/h7-10,12-16H,6,11H2,1-5H3. The van der Waals surface area contributed by atoms with Gasteiger partial charge in [-0.25, -0.2) is 0 Å². The van der Waals surface area contributed by atoms with Gasteiger partial charge in [-0.2, -0.15) is 0 Å². The zero-order chi connectivity index (χ0) is 17.0. The predicted octanol–water partition coefficient (Wildman–Crippen LogP) is 5.87. The second-order valence-electron chi connectivity index (χ2n) is 7.15. The number of carbonyl (C=O) groups excluding carboxylic acids is 1. The Morgan fingerprint density at radius 2 is 1.96 bits per heavy atom. The molecule has 1 aromatic rings. The van der Waals surface area contributed by atoms with Gasteiger partial charge in [-0.15, -0.1) is 0 Å². The first-order valence-corrected chi connectivity index (χ1v) is 8.57. The maximum Gasteiger partial charge on any atom is 0.173 e.